The van der Waals surface area contributed by atoms with Crippen LogP contribution in [-0.4, -0.2) is 53.9 Å². The molecule has 0 aliphatic carbocycles. The fourth-order valence-electron chi connectivity index (χ4n) is 2.33. The van der Waals surface area contributed by atoms with Crippen LogP contribution in [0.5, 0.6) is 0 Å². The van der Waals surface area contributed by atoms with Gasteiger partial charge in [0.25, 0.3) is 5.91 Å². The van der Waals surface area contributed by atoms with Gasteiger partial charge in [-0.15, -0.1) is 0 Å². The molecule has 2 heterocycles. The topological polar surface area (TPSA) is 36.4 Å². The van der Waals surface area contributed by atoms with E-state index in [-0.39, 0.29) is 16.6 Å². The lowest BCUT2D eigenvalue weighted by Crippen LogP contribution is -2.44. The Labute approximate surface area is 117 Å². The number of rotatable bonds is 2. The molecule has 0 aromatic carbocycles. The standard InChI is InChI=1S/C13H17ClFN3O/c1-17(2)10-3-5-18(6-4-10)13(19)11-7-9(15)8-16-12(11)14/h7-8,10H,3-6H2,1-2H3. The van der Waals surface area contributed by atoms with Crippen LogP contribution in [-0.2, 0) is 0 Å². The van der Waals surface area contributed by atoms with Gasteiger partial charge in [-0.05, 0) is 33.0 Å². The Morgan fingerprint density at radius 2 is 2.11 bits per heavy atom. The summed E-state index contributed by atoms with van der Waals surface area (Å²) < 4.78 is 13.1. The second-order valence-electron chi connectivity index (χ2n) is 4.98. The molecule has 1 fully saturated rings. The molecule has 1 aliphatic heterocycles. The molecule has 1 saturated heterocycles. The first kappa shape index (κ1) is 14.2. The Hall–Kier alpha value is -1.20. The maximum atomic E-state index is 13.1. The van der Waals surface area contributed by atoms with Gasteiger partial charge in [0.15, 0.2) is 0 Å². The van der Waals surface area contributed by atoms with E-state index in [1.165, 1.54) is 0 Å². The molecule has 0 radical (unpaired) electrons. The zero-order valence-corrected chi connectivity index (χ0v) is 11.8. The average Bonchev–Trinajstić information content (AvgIpc) is 2.41. The zero-order chi connectivity index (χ0) is 14.0. The highest BCUT2D eigenvalue weighted by molar-refractivity contribution is 6.32. The van der Waals surface area contributed by atoms with Gasteiger partial charge in [-0.25, -0.2) is 9.37 Å². The Kier molecular flexibility index (Phi) is 4.37. The highest BCUT2D eigenvalue weighted by Crippen LogP contribution is 2.20. The van der Waals surface area contributed by atoms with Gasteiger partial charge in [0.2, 0.25) is 0 Å². The SMILES string of the molecule is CN(C)C1CCN(C(=O)c2cc(F)cnc2Cl)CC1. The molecule has 1 aromatic heterocycles. The predicted molar refractivity (Wildman–Crippen MR) is 71.8 cm³/mol. The summed E-state index contributed by atoms with van der Waals surface area (Å²) in [5.74, 6) is -0.787. The van der Waals surface area contributed by atoms with Crippen molar-refractivity contribution in [3.05, 3.63) is 28.8 Å². The van der Waals surface area contributed by atoms with Gasteiger partial charge >= 0.3 is 0 Å². The van der Waals surface area contributed by atoms with Gasteiger partial charge in [0.1, 0.15) is 11.0 Å². The first-order valence-electron chi connectivity index (χ1n) is 6.26. The van der Waals surface area contributed by atoms with E-state index in [0.717, 1.165) is 25.1 Å². The molecule has 2 rings (SSSR count). The van der Waals surface area contributed by atoms with Crippen LogP contribution in [0.2, 0.25) is 5.15 Å². The maximum absolute atomic E-state index is 13.1. The fraction of sp³-hybridized carbons (Fsp3) is 0.538. The van der Waals surface area contributed by atoms with Gasteiger partial charge in [-0.2, -0.15) is 0 Å². The number of carbonyl (C=O) groups is 1. The Morgan fingerprint density at radius 3 is 2.68 bits per heavy atom. The minimum atomic E-state index is -0.545. The van der Waals surface area contributed by atoms with Crippen LogP contribution >= 0.6 is 11.6 Å². The molecule has 19 heavy (non-hydrogen) atoms. The van der Waals surface area contributed by atoms with Crippen molar-refractivity contribution in [3.63, 3.8) is 0 Å². The molecule has 1 aromatic rings. The number of amides is 1. The molecule has 0 N–H and O–H groups in total. The van der Waals surface area contributed by atoms with Crippen molar-refractivity contribution in [1.29, 1.82) is 0 Å². The first-order valence-corrected chi connectivity index (χ1v) is 6.63. The van der Waals surface area contributed by atoms with E-state index in [9.17, 15) is 9.18 Å². The summed E-state index contributed by atoms with van der Waals surface area (Å²) in [5.41, 5.74) is 0.143. The van der Waals surface area contributed by atoms with E-state index in [2.05, 4.69) is 9.88 Å². The average molecular weight is 286 g/mol. The number of halogens is 2. The van der Waals surface area contributed by atoms with Crippen LogP contribution in [0.1, 0.15) is 23.2 Å². The number of hydrogen-bond donors (Lipinski definition) is 0. The van der Waals surface area contributed by atoms with Gasteiger partial charge in [0, 0.05) is 19.1 Å². The van der Waals surface area contributed by atoms with Gasteiger partial charge in [0.05, 0.1) is 11.8 Å². The van der Waals surface area contributed by atoms with Gasteiger partial charge in [-0.1, -0.05) is 11.6 Å². The van der Waals surface area contributed by atoms with Crippen molar-refractivity contribution in [2.24, 2.45) is 0 Å². The molecule has 0 atom stereocenters. The van der Waals surface area contributed by atoms with Crippen molar-refractivity contribution >= 4 is 17.5 Å². The largest absolute Gasteiger partial charge is 0.338 e. The Morgan fingerprint density at radius 1 is 1.47 bits per heavy atom. The van der Waals surface area contributed by atoms with Crippen LogP contribution in [0.4, 0.5) is 4.39 Å². The van der Waals surface area contributed by atoms with Crippen LogP contribution in [0.3, 0.4) is 0 Å². The number of carbonyl (C=O) groups excluding carboxylic acids is 1. The number of hydrogen-bond acceptors (Lipinski definition) is 3. The summed E-state index contributed by atoms with van der Waals surface area (Å²) in [6, 6.07) is 1.64. The highest BCUT2D eigenvalue weighted by atomic mass is 35.5. The molecule has 0 saturated carbocycles. The smallest absolute Gasteiger partial charge is 0.257 e. The van der Waals surface area contributed by atoms with Gasteiger partial charge < -0.3 is 9.80 Å². The van der Waals surface area contributed by atoms with Crippen LogP contribution in [0.15, 0.2) is 12.3 Å². The normalized spacial score (nSPS) is 17.0. The summed E-state index contributed by atoms with van der Waals surface area (Å²) in [6.45, 7) is 1.32. The molecule has 0 bridgehead atoms. The van der Waals surface area contributed by atoms with E-state index in [1.54, 1.807) is 4.90 Å². The summed E-state index contributed by atoms with van der Waals surface area (Å²) in [4.78, 5) is 19.8. The van der Waals surface area contributed by atoms with Crippen LogP contribution in [0.25, 0.3) is 0 Å². The predicted octanol–water partition coefficient (Wildman–Crippen LogP) is 2.04. The number of nitrogens with zero attached hydrogens (tertiary/aromatic N) is 3. The minimum Gasteiger partial charge on any atom is -0.338 e. The van der Waals surface area contributed by atoms with E-state index in [1.807, 2.05) is 14.1 Å². The van der Waals surface area contributed by atoms with Crippen molar-refractivity contribution in [3.8, 4) is 0 Å². The third kappa shape index (κ3) is 3.22. The Bertz CT molecular complexity index is 473. The molecule has 6 heteroatoms. The molecule has 4 nitrogen and oxygen atoms in total. The third-order valence-corrected chi connectivity index (χ3v) is 3.82. The highest BCUT2D eigenvalue weighted by Gasteiger charge is 2.26. The Balaban J connectivity index is 2.07. The fourth-order valence-corrected chi connectivity index (χ4v) is 2.51. The zero-order valence-electron chi connectivity index (χ0n) is 11.1. The number of aromatic nitrogens is 1. The van der Waals surface area contributed by atoms with E-state index in [4.69, 9.17) is 11.6 Å². The molecule has 0 spiro atoms. The van der Waals surface area contributed by atoms with Crippen molar-refractivity contribution in [2.45, 2.75) is 18.9 Å². The third-order valence-electron chi connectivity index (χ3n) is 3.52. The molecule has 104 valence electrons. The van der Waals surface area contributed by atoms with Crippen molar-refractivity contribution in [2.75, 3.05) is 27.2 Å². The molecular weight excluding hydrogens is 269 g/mol. The monoisotopic (exact) mass is 285 g/mol. The van der Waals surface area contributed by atoms with Crippen molar-refractivity contribution in [1.82, 2.24) is 14.8 Å². The summed E-state index contributed by atoms with van der Waals surface area (Å²) >= 11 is 5.86. The second-order valence-corrected chi connectivity index (χ2v) is 5.34. The van der Waals surface area contributed by atoms with Gasteiger partial charge in [-0.3, -0.25) is 4.79 Å². The number of pyridine rings is 1. The van der Waals surface area contributed by atoms with Crippen molar-refractivity contribution < 1.29 is 9.18 Å². The van der Waals surface area contributed by atoms with Crippen LogP contribution in [0, 0.1) is 5.82 Å². The van der Waals surface area contributed by atoms with E-state index in [0.29, 0.717) is 19.1 Å². The van der Waals surface area contributed by atoms with E-state index < -0.39 is 5.82 Å². The first-order chi connectivity index (χ1) is 8.99. The summed E-state index contributed by atoms with van der Waals surface area (Å²) in [5, 5.41) is 0.0566. The van der Waals surface area contributed by atoms with E-state index >= 15 is 0 Å². The molecular formula is C13H17ClFN3O. The van der Waals surface area contributed by atoms with Crippen LogP contribution < -0.4 is 0 Å². The quantitative estimate of drug-likeness (QED) is 0.780. The lowest BCUT2D eigenvalue weighted by atomic mass is 10.0. The lowest BCUT2D eigenvalue weighted by molar-refractivity contribution is 0.0662. The lowest BCUT2D eigenvalue weighted by Gasteiger charge is -2.35. The molecule has 1 aliphatic rings. The molecule has 0 unspecified atom stereocenters. The number of likely N-dealkylation sites (tertiary alicyclic amines) is 1. The summed E-state index contributed by atoms with van der Waals surface area (Å²) in [7, 11) is 4.07. The molecule has 1 amide bonds. The summed E-state index contributed by atoms with van der Waals surface area (Å²) in [6.07, 6.45) is 2.84. The second kappa shape index (κ2) is 5.84. The number of piperidine rings is 1. The minimum absolute atomic E-state index is 0.0566. The maximum Gasteiger partial charge on any atom is 0.257 e.